The molecule has 0 saturated carbocycles. The summed E-state index contributed by atoms with van der Waals surface area (Å²) < 4.78 is 0. The van der Waals surface area contributed by atoms with E-state index in [1.165, 1.54) is 0 Å². The Morgan fingerprint density at radius 1 is 1.05 bits per heavy atom. The van der Waals surface area contributed by atoms with Crippen molar-refractivity contribution in [3.63, 3.8) is 0 Å². The first-order valence-corrected chi connectivity index (χ1v) is 6.05. The second-order valence-corrected chi connectivity index (χ2v) is 4.75. The van der Waals surface area contributed by atoms with Crippen LogP contribution in [0.4, 0.5) is 5.69 Å². The molecule has 4 nitrogen and oxygen atoms in total. The van der Waals surface area contributed by atoms with Crippen LogP contribution in [-0.2, 0) is 0 Å². The highest BCUT2D eigenvalue weighted by molar-refractivity contribution is 5.43. The average molecular weight is 256 g/mol. The Bertz CT molecular complexity index is 623. The normalized spacial score (nSPS) is 12.2. The van der Waals surface area contributed by atoms with Gasteiger partial charge in [-0.25, -0.2) is 0 Å². The number of hydrogen-bond donors (Lipinski definition) is 1. The van der Waals surface area contributed by atoms with Gasteiger partial charge < -0.3 is 5.73 Å². The predicted octanol–water partition coefficient (Wildman–Crippen LogP) is 3.26. The van der Waals surface area contributed by atoms with Crippen molar-refractivity contribution < 1.29 is 4.92 Å². The molecule has 0 aliphatic carbocycles. The van der Waals surface area contributed by atoms with Crippen molar-refractivity contribution in [2.75, 3.05) is 0 Å². The molecule has 2 aromatic carbocycles. The van der Waals surface area contributed by atoms with Crippen LogP contribution in [0.2, 0.25) is 0 Å². The molecule has 0 aliphatic heterocycles. The predicted molar refractivity (Wildman–Crippen MR) is 75.0 cm³/mol. The van der Waals surface area contributed by atoms with E-state index in [0.717, 1.165) is 22.3 Å². The van der Waals surface area contributed by atoms with Gasteiger partial charge in [-0.15, -0.1) is 0 Å². The molecule has 4 heteroatoms. The molecule has 0 saturated heterocycles. The molecule has 2 N–H and O–H groups in total. The van der Waals surface area contributed by atoms with Crippen LogP contribution in [0.3, 0.4) is 0 Å². The number of nitrogens with two attached hydrogens (primary N) is 1. The highest BCUT2D eigenvalue weighted by Gasteiger charge is 2.14. The number of hydrogen-bond acceptors (Lipinski definition) is 3. The van der Waals surface area contributed by atoms with Gasteiger partial charge in [-0.2, -0.15) is 0 Å². The molecule has 2 aromatic rings. The zero-order valence-corrected chi connectivity index (χ0v) is 11.0. The molecule has 0 heterocycles. The molecule has 0 radical (unpaired) electrons. The Morgan fingerprint density at radius 3 is 2.37 bits per heavy atom. The van der Waals surface area contributed by atoms with Crippen LogP contribution in [0.1, 0.15) is 28.3 Å². The van der Waals surface area contributed by atoms with Crippen molar-refractivity contribution in [2.24, 2.45) is 5.73 Å². The van der Waals surface area contributed by atoms with Crippen LogP contribution in [0, 0.1) is 24.0 Å². The highest BCUT2D eigenvalue weighted by atomic mass is 16.6. The minimum Gasteiger partial charge on any atom is -0.320 e. The minimum atomic E-state index is -0.389. The molecule has 1 unspecified atom stereocenters. The molecule has 0 bridgehead atoms. The van der Waals surface area contributed by atoms with E-state index < -0.39 is 0 Å². The summed E-state index contributed by atoms with van der Waals surface area (Å²) in [7, 11) is 0. The van der Waals surface area contributed by atoms with E-state index in [1.54, 1.807) is 12.1 Å². The second kappa shape index (κ2) is 5.20. The molecule has 0 fully saturated rings. The van der Waals surface area contributed by atoms with E-state index in [1.807, 2.05) is 44.2 Å². The maximum atomic E-state index is 10.9. The van der Waals surface area contributed by atoms with Crippen LogP contribution in [0.15, 0.2) is 42.5 Å². The molecule has 1 atom stereocenters. The van der Waals surface area contributed by atoms with Crippen LogP contribution in [0.25, 0.3) is 0 Å². The highest BCUT2D eigenvalue weighted by Crippen LogP contribution is 2.25. The van der Waals surface area contributed by atoms with E-state index in [4.69, 9.17) is 5.73 Å². The van der Waals surface area contributed by atoms with Crippen molar-refractivity contribution in [2.45, 2.75) is 19.9 Å². The number of nitro benzene ring substituents is 1. The first-order chi connectivity index (χ1) is 8.97. The topological polar surface area (TPSA) is 69.2 Å². The van der Waals surface area contributed by atoms with Crippen LogP contribution in [-0.4, -0.2) is 4.92 Å². The third-order valence-corrected chi connectivity index (χ3v) is 3.06. The van der Waals surface area contributed by atoms with Crippen molar-refractivity contribution in [3.8, 4) is 0 Å². The lowest BCUT2D eigenvalue weighted by Crippen LogP contribution is -2.12. The van der Waals surface area contributed by atoms with Gasteiger partial charge in [0.2, 0.25) is 0 Å². The van der Waals surface area contributed by atoms with Crippen molar-refractivity contribution >= 4 is 5.69 Å². The first kappa shape index (κ1) is 13.2. The van der Waals surface area contributed by atoms with Gasteiger partial charge in [-0.05, 0) is 30.5 Å². The van der Waals surface area contributed by atoms with Gasteiger partial charge in [0.1, 0.15) is 0 Å². The summed E-state index contributed by atoms with van der Waals surface area (Å²) >= 11 is 0. The monoisotopic (exact) mass is 256 g/mol. The maximum Gasteiger partial charge on any atom is 0.270 e. The van der Waals surface area contributed by atoms with E-state index in [2.05, 4.69) is 0 Å². The molecule has 98 valence electrons. The molecule has 0 aliphatic rings. The Kier molecular flexibility index (Phi) is 3.62. The fraction of sp³-hybridized carbons (Fsp3) is 0.200. The molecule has 0 spiro atoms. The fourth-order valence-corrected chi connectivity index (χ4v) is 2.13. The van der Waals surface area contributed by atoms with Gasteiger partial charge in [0.15, 0.2) is 0 Å². The van der Waals surface area contributed by atoms with Crippen LogP contribution < -0.4 is 5.73 Å². The van der Waals surface area contributed by atoms with Gasteiger partial charge in [-0.1, -0.05) is 35.9 Å². The summed E-state index contributed by atoms with van der Waals surface area (Å²) in [5, 5.41) is 10.9. The molecular weight excluding hydrogens is 240 g/mol. The zero-order chi connectivity index (χ0) is 14.0. The Morgan fingerprint density at radius 2 is 1.74 bits per heavy atom. The summed E-state index contributed by atoms with van der Waals surface area (Å²) in [5.74, 6) is 0. The van der Waals surface area contributed by atoms with Gasteiger partial charge in [-0.3, -0.25) is 10.1 Å². The zero-order valence-electron chi connectivity index (χ0n) is 11.0. The van der Waals surface area contributed by atoms with Gasteiger partial charge >= 0.3 is 0 Å². The van der Waals surface area contributed by atoms with Gasteiger partial charge in [0, 0.05) is 12.1 Å². The summed E-state index contributed by atoms with van der Waals surface area (Å²) in [6.07, 6.45) is 0. The Hall–Kier alpha value is -2.20. The summed E-state index contributed by atoms with van der Waals surface area (Å²) in [6, 6.07) is 12.5. The summed E-state index contributed by atoms with van der Waals surface area (Å²) in [5.41, 5.74) is 9.96. The minimum absolute atomic E-state index is 0.0816. The molecular formula is C15H16N2O2. The standard InChI is InChI=1S/C15H16N2O2/c1-10-4-3-5-12(6-10)15(16)13-7-11(2)8-14(9-13)17(18)19/h3-9,15H,16H2,1-2H3. The lowest BCUT2D eigenvalue weighted by Gasteiger charge is -2.13. The second-order valence-electron chi connectivity index (χ2n) is 4.75. The lowest BCUT2D eigenvalue weighted by atomic mass is 9.96. The largest absolute Gasteiger partial charge is 0.320 e. The molecule has 2 rings (SSSR count). The third-order valence-electron chi connectivity index (χ3n) is 3.06. The van der Waals surface area contributed by atoms with E-state index in [9.17, 15) is 10.1 Å². The molecule has 19 heavy (non-hydrogen) atoms. The smallest absolute Gasteiger partial charge is 0.270 e. The summed E-state index contributed by atoms with van der Waals surface area (Å²) in [6.45, 7) is 3.83. The SMILES string of the molecule is Cc1cccc(C(N)c2cc(C)cc([N+](=O)[O-])c2)c1. The van der Waals surface area contributed by atoms with Crippen molar-refractivity contribution in [3.05, 3.63) is 74.8 Å². The molecule has 0 aromatic heterocycles. The number of aryl methyl sites for hydroxylation is 2. The van der Waals surface area contributed by atoms with Crippen LogP contribution >= 0.6 is 0 Å². The van der Waals surface area contributed by atoms with Gasteiger partial charge in [0.05, 0.1) is 11.0 Å². The lowest BCUT2D eigenvalue weighted by molar-refractivity contribution is -0.385. The van der Waals surface area contributed by atoms with Gasteiger partial charge in [0.25, 0.3) is 5.69 Å². The van der Waals surface area contributed by atoms with Crippen LogP contribution in [0.5, 0.6) is 0 Å². The maximum absolute atomic E-state index is 10.9. The number of rotatable bonds is 3. The average Bonchev–Trinajstić information content (AvgIpc) is 2.37. The third kappa shape index (κ3) is 2.98. The van der Waals surface area contributed by atoms with Crippen molar-refractivity contribution in [1.29, 1.82) is 0 Å². The fourth-order valence-electron chi connectivity index (χ4n) is 2.13. The summed E-state index contributed by atoms with van der Waals surface area (Å²) in [4.78, 5) is 10.5. The number of benzene rings is 2. The quantitative estimate of drug-likeness (QED) is 0.677. The number of nitrogens with zero attached hydrogens (tertiary/aromatic N) is 1. The molecule has 0 amide bonds. The van der Waals surface area contributed by atoms with Crippen molar-refractivity contribution in [1.82, 2.24) is 0 Å². The Labute approximate surface area is 112 Å². The van der Waals surface area contributed by atoms with E-state index in [-0.39, 0.29) is 16.7 Å². The van der Waals surface area contributed by atoms with E-state index in [0.29, 0.717) is 0 Å². The number of non-ortho nitro benzene ring substituents is 1. The van der Waals surface area contributed by atoms with E-state index >= 15 is 0 Å². The first-order valence-electron chi connectivity index (χ1n) is 6.05. The number of nitro groups is 1. The Balaban J connectivity index is 2.43.